The monoisotopic (exact) mass is 453 g/mol. The topological polar surface area (TPSA) is 86.1 Å². The third-order valence-electron chi connectivity index (χ3n) is 5.94. The van der Waals surface area contributed by atoms with E-state index in [2.05, 4.69) is 9.80 Å². The van der Waals surface area contributed by atoms with Gasteiger partial charge in [0.15, 0.2) is 0 Å². The summed E-state index contributed by atoms with van der Waals surface area (Å²) in [6.45, 7) is 5.36. The molecule has 33 heavy (non-hydrogen) atoms. The van der Waals surface area contributed by atoms with Crippen molar-refractivity contribution in [2.24, 2.45) is 0 Å². The molecule has 3 aromatic rings. The zero-order chi connectivity index (χ0) is 23.2. The Morgan fingerprint density at radius 2 is 1.76 bits per heavy atom. The van der Waals surface area contributed by atoms with Gasteiger partial charge in [0.05, 0.1) is 36.6 Å². The Morgan fingerprint density at radius 3 is 2.45 bits per heavy atom. The molecule has 174 valence electrons. The molecule has 2 heterocycles. The number of nitrogens with zero attached hydrogens (tertiary/aromatic N) is 3. The number of ether oxygens (including phenoxy) is 1. The van der Waals surface area contributed by atoms with Crippen molar-refractivity contribution in [2.75, 3.05) is 52.5 Å². The second-order valence-electron chi connectivity index (χ2n) is 8.10. The molecule has 0 amide bonds. The molecule has 1 aromatic heterocycles. The zero-order valence-corrected chi connectivity index (χ0v) is 18.4. The van der Waals surface area contributed by atoms with Gasteiger partial charge >= 0.3 is 5.97 Å². The summed E-state index contributed by atoms with van der Waals surface area (Å²) in [5.74, 6) is -1.57. The van der Waals surface area contributed by atoms with E-state index in [1.54, 1.807) is 0 Å². The van der Waals surface area contributed by atoms with Gasteiger partial charge in [0, 0.05) is 55.8 Å². The third-order valence-corrected chi connectivity index (χ3v) is 5.94. The van der Waals surface area contributed by atoms with Crippen molar-refractivity contribution in [3.63, 3.8) is 0 Å². The summed E-state index contributed by atoms with van der Waals surface area (Å²) in [5, 5.41) is 19.3. The van der Waals surface area contributed by atoms with Gasteiger partial charge in [0.2, 0.25) is 0 Å². The molecule has 8 heteroatoms. The lowest BCUT2D eigenvalue weighted by Crippen LogP contribution is -2.47. The number of aliphatic hydroxyl groups excluding tert-OH is 1. The predicted octanol–water partition coefficient (Wildman–Crippen LogP) is 2.87. The summed E-state index contributed by atoms with van der Waals surface area (Å²) in [4.78, 5) is 21.7. The molecule has 2 aromatic carbocycles. The van der Waals surface area contributed by atoms with Crippen molar-refractivity contribution >= 4 is 16.9 Å². The van der Waals surface area contributed by atoms with Crippen molar-refractivity contribution < 1.29 is 24.1 Å². The highest BCUT2D eigenvalue weighted by Gasteiger charge is 2.25. The summed E-state index contributed by atoms with van der Waals surface area (Å²) >= 11 is 0. The number of aliphatic hydroxyl groups is 1. The Kier molecular flexibility index (Phi) is 7.61. The van der Waals surface area contributed by atoms with Gasteiger partial charge in [-0.3, -0.25) is 9.80 Å². The van der Waals surface area contributed by atoms with Crippen LogP contribution in [0.2, 0.25) is 0 Å². The van der Waals surface area contributed by atoms with Gasteiger partial charge in [-0.1, -0.05) is 30.3 Å². The largest absolute Gasteiger partial charge is 0.478 e. The quantitative estimate of drug-likeness (QED) is 0.482. The molecule has 4 rings (SSSR count). The van der Waals surface area contributed by atoms with E-state index in [4.69, 9.17) is 14.8 Å². The van der Waals surface area contributed by atoms with Crippen LogP contribution in [0.1, 0.15) is 15.9 Å². The normalized spacial score (nSPS) is 15.2. The van der Waals surface area contributed by atoms with Crippen LogP contribution in [0.25, 0.3) is 22.2 Å². The Labute approximate surface area is 192 Å². The summed E-state index contributed by atoms with van der Waals surface area (Å²) < 4.78 is 19.4. The van der Waals surface area contributed by atoms with Crippen LogP contribution in [-0.2, 0) is 11.3 Å². The molecule has 1 fully saturated rings. The molecule has 1 aliphatic rings. The van der Waals surface area contributed by atoms with Crippen molar-refractivity contribution in [2.45, 2.75) is 6.54 Å². The van der Waals surface area contributed by atoms with E-state index < -0.39 is 11.8 Å². The number of carbonyl (C=O) groups is 1. The average Bonchev–Trinajstić information content (AvgIpc) is 2.82. The number of pyridine rings is 1. The number of hydrogen-bond donors (Lipinski definition) is 2. The van der Waals surface area contributed by atoms with Crippen LogP contribution in [0.5, 0.6) is 0 Å². The minimum absolute atomic E-state index is 0.0210. The molecule has 1 aliphatic heterocycles. The second-order valence-corrected chi connectivity index (χ2v) is 8.10. The fourth-order valence-corrected chi connectivity index (χ4v) is 4.26. The van der Waals surface area contributed by atoms with Gasteiger partial charge in [-0.05, 0) is 18.2 Å². The molecule has 7 nitrogen and oxygen atoms in total. The van der Waals surface area contributed by atoms with E-state index in [1.807, 2.05) is 30.3 Å². The molecule has 0 bridgehead atoms. The Bertz CT molecular complexity index is 1100. The molecule has 0 aliphatic carbocycles. The van der Waals surface area contributed by atoms with E-state index >= 15 is 0 Å². The number of halogens is 1. The first-order valence-corrected chi connectivity index (χ1v) is 11.1. The number of piperazine rings is 1. The van der Waals surface area contributed by atoms with Gasteiger partial charge in [0.1, 0.15) is 5.82 Å². The number of carboxylic acids is 1. The summed E-state index contributed by atoms with van der Waals surface area (Å²) in [6, 6.07) is 13.6. The lowest BCUT2D eigenvalue weighted by Gasteiger charge is -2.35. The van der Waals surface area contributed by atoms with Crippen LogP contribution in [0.3, 0.4) is 0 Å². The molecule has 1 saturated heterocycles. The number of hydrogen-bond acceptors (Lipinski definition) is 6. The maximum absolute atomic E-state index is 14.0. The van der Waals surface area contributed by atoms with Crippen LogP contribution in [0.15, 0.2) is 48.5 Å². The number of fused-ring (bicyclic) bond motifs is 1. The highest BCUT2D eigenvalue weighted by molar-refractivity contribution is 6.05. The summed E-state index contributed by atoms with van der Waals surface area (Å²) in [6.07, 6.45) is 0. The molecule has 0 saturated carbocycles. The van der Waals surface area contributed by atoms with Crippen molar-refractivity contribution in [3.8, 4) is 11.3 Å². The smallest absolute Gasteiger partial charge is 0.336 e. The highest BCUT2D eigenvalue weighted by atomic mass is 19.1. The minimum atomic E-state index is -1.08. The number of aromatic nitrogens is 1. The number of benzene rings is 2. The minimum Gasteiger partial charge on any atom is -0.478 e. The molecular weight excluding hydrogens is 425 g/mol. The average molecular weight is 454 g/mol. The van der Waals surface area contributed by atoms with Gasteiger partial charge in [0.25, 0.3) is 0 Å². The predicted molar refractivity (Wildman–Crippen MR) is 124 cm³/mol. The van der Waals surface area contributed by atoms with E-state index in [0.29, 0.717) is 41.9 Å². The first-order valence-electron chi connectivity index (χ1n) is 11.1. The number of carboxylic acid groups (broad SMARTS) is 1. The van der Waals surface area contributed by atoms with Crippen LogP contribution in [-0.4, -0.2) is 83.5 Å². The maximum atomic E-state index is 14.0. The fraction of sp³-hybridized carbons (Fsp3) is 0.360. The third kappa shape index (κ3) is 5.54. The lowest BCUT2D eigenvalue weighted by atomic mass is 9.96. The van der Waals surface area contributed by atoms with Gasteiger partial charge < -0.3 is 14.9 Å². The van der Waals surface area contributed by atoms with Crippen LogP contribution in [0.4, 0.5) is 4.39 Å². The van der Waals surface area contributed by atoms with Crippen LogP contribution < -0.4 is 0 Å². The SMILES string of the molecule is O=C(O)c1c(CN2CCN(CCOCCO)CC2)c(-c2ccccc2)nc2ccc(F)cc12. The maximum Gasteiger partial charge on any atom is 0.336 e. The Morgan fingerprint density at radius 1 is 1.03 bits per heavy atom. The molecule has 0 radical (unpaired) electrons. The Hall–Kier alpha value is -2.91. The molecule has 0 unspecified atom stereocenters. The van der Waals surface area contributed by atoms with Crippen molar-refractivity contribution in [1.29, 1.82) is 0 Å². The standard InChI is InChI=1S/C25H28FN3O4/c26-19-6-7-22-20(16-19)23(25(31)32)21(24(27-22)18-4-2-1-3-5-18)17-29-10-8-28(9-11-29)12-14-33-15-13-30/h1-7,16,30H,8-15,17H2,(H,31,32). The molecule has 0 atom stereocenters. The zero-order valence-electron chi connectivity index (χ0n) is 18.4. The number of aromatic carboxylic acids is 1. The van der Waals surface area contributed by atoms with Gasteiger partial charge in [-0.15, -0.1) is 0 Å². The number of rotatable bonds is 9. The van der Waals surface area contributed by atoms with E-state index in [1.165, 1.54) is 18.2 Å². The molecule has 0 spiro atoms. The fourth-order valence-electron chi connectivity index (χ4n) is 4.26. The van der Waals surface area contributed by atoms with E-state index in [9.17, 15) is 14.3 Å². The van der Waals surface area contributed by atoms with E-state index in [0.717, 1.165) is 38.3 Å². The summed E-state index contributed by atoms with van der Waals surface area (Å²) in [5.41, 5.74) is 2.63. The summed E-state index contributed by atoms with van der Waals surface area (Å²) in [7, 11) is 0. The van der Waals surface area contributed by atoms with Gasteiger partial charge in [-0.25, -0.2) is 14.2 Å². The van der Waals surface area contributed by atoms with Crippen LogP contribution >= 0.6 is 0 Å². The molecular formula is C25H28FN3O4. The highest BCUT2D eigenvalue weighted by Crippen LogP contribution is 2.32. The van der Waals surface area contributed by atoms with Crippen molar-refractivity contribution in [1.82, 2.24) is 14.8 Å². The second kappa shape index (κ2) is 10.8. The Balaban J connectivity index is 1.63. The van der Waals surface area contributed by atoms with Gasteiger partial charge in [-0.2, -0.15) is 0 Å². The van der Waals surface area contributed by atoms with Crippen LogP contribution in [0, 0.1) is 5.82 Å². The van der Waals surface area contributed by atoms with E-state index in [-0.39, 0.29) is 12.2 Å². The van der Waals surface area contributed by atoms with Crippen molar-refractivity contribution in [3.05, 3.63) is 65.5 Å². The first-order chi connectivity index (χ1) is 16.1. The first kappa shape index (κ1) is 23.3. The molecule has 2 N–H and O–H groups in total. The lowest BCUT2D eigenvalue weighted by molar-refractivity contribution is 0.0561.